The van der Waals surface area contributed by atoms with Crippen molar-refractivity contribution in [3.63, 3.8) is 0 Å². The molecule has 0 radical (unpaired) electrons. The Kier molecular flexibility index (Phi) is 5.40. The molecule has 0 spiro atoms. The molecule has 0 unspecified atom stereocenters. The van der Waals surface area contributed by atoms with E-state index in [2.05, 4.69) is 47.5 Å². The van der Waals surface area contributed by atoms with Crippen LogP contribution in [0.15, 0.2) is 48.5 Å². The first-order chi connectivity index (χ1) is 12.9. The largest absolute Gasteiger partial charge is 0.378 e. The number of hydrogen-bond acceptors (Lipinski definition) is 7. The zero-order valence-corrected chi connectivity index (χ0v) is 16.4. The number of nitrogens with zero attached hydrogens (tertiary/aromatic N) is 5. The van der Waals surface area contributed by atoms with Gasteiger partial charge in [0, 0.05) is 50.9 Å². The molecule has 140 valence electrons. The molecule has 7 nitrogen and oxygen atoms in total. The Bertz CT molecular complexity index is 850. The van der Waals surface area contributed by atoms with Crippen molar-refractivity contribution in [2.45, 2.75) is 6.92 Å². The third-order valence-corrected chi connectivity index (χ3v) is 3.98. The molecule has 2 aromatic carbocycles. The van der Waals surface area contributed by atoms with E-state index in [4.69, 9.17) is 0 Å². The van der Waals surface area contributed by atoms with Crippen molar-refractivity contribution >= 4 is 34.6 Å². The second-order valence-corrected chi connectivity index (χ2v) is 6.67. The molecular weight excluding hydrogens is 338 g/mol. The molecule has 1 aromatic heterocycles. The minimum atomic E-state index is 0.504. The summed E-state index contributed by atoms with van der Waals surface area (Å²) in [5.41, 5.74) is 4.05. The predicted octanol–water partition coefficient (Wildman–Crippen LogP) is 3.80. The molecule has 0 bridgehead atoms. The molecule has 27 heavy (non-hydrogen) atoms. The van der Waals surface area contributed by atoms with Gasteiger partial charge in [0.05, 0.1) is 0 Å². The smallest absolute Gasteiger partial charge is 0.232 e. The third-order valence-electron chi connectivity index (χ3n) is 3.98. The maximum absolute atomic E-state index is 4.50. The molecule has 0 saturated heterocycles. The molecule has 0 aliphatic rings. The van der Waals surface area contributed by atoms with Gasteiger partial charge in [-0.15, -0.1) is 0 Å². The minimum Gasteiger partial charge on any atom is -0.378 e. The van der Waals surface area contributed by atoms with E-state index >= 15 is 0 Å². The Morgan fingerprint density at radius 1 is 0.667 bits per heavy atom. The van der Waals surface area contributed by atoms with Crippen LogP contribution in [0.2, 0.25) is 0 Å². The summed E-state index contributed by atoms with van der Waals surface area (Å²) in [6.07, 6.45) is 0. The van der Waals surface area contributed by atoms with Crippen molar-refractivity contribution in [2.24, 2.45) is 0 Å². The molecule has 0 fully saturated rings. The Hall–Kier alpha value is -3.35. The Morgan fingerprint density at radius 3 is 1.52 bits per heavy atom. The Morgan fingerprint density at radius 2 is 1.11 bits per heavy atom. The summed E-state index contributed by atoms with van der Waals surface area (Å²) in [5, 5.41) is 6.52. The second kappa shape index (κ2) is 7.90. The van der Waals surface area contributed by atoms with Crippen molar-refractivity contribution in [1.82, 2.24) is 15.0 Å². The lowest BCUT2D eigenvalue weighted by Crippen LogP contribution is -2.10. The molecule has 0 aliphatic heterocycles. The third kappa shape index (κ3) is 4.84. The number of rotatable bonds is 6. The lowest BCUT2D eigenvalue weighted by molar-refractivity contribution is 0.989. The van der Waals surface area contributed by atoms with Crippen LogP contribution in [0.4, 0.5) is 34.6 Å². The summed E-state index contributed by atoms with van der Waals surface area (Å²) in [4.78, 5) is 17.4. The van der Waals surface area contributed by atoms with Gasteiger partial charge in [0.2, 0.25) is 11.9 Å². The zero-order chi connectivity index (χ0) is 19.4. The fraction of sp³-hybridized carbons (Fsp3) is 0.250. The standard InChI is InChI=1S/C20H25N7/c1-14-21-19(23-15-8-6-10-17(12-15)26(2)3)25-20(22-14)24-16-9-7-11-18(13-16)27(4)5/h6-13H,1-5H3,(H2,21,22,23,24,25). The van der Waals surface area contributed by atoms with E-state index in [0.29, 0.717) is 17.7 Å². The van der Waals surface area contributed by atoms with Gasteiger partial charge in [0.15, 0.2) is 0 Å². The monoisotopic (exact) mass is 363 g/mol. The molecular formula is C20H25N7. The zero-order valence-electron chi connectivity index (χ0n) is 16.4. The van der Waals surface area contributed by atoms with Crippen molar-refractivity contribution in [3.05, 3.63) is 54.4 Å². The van der Waals surface area contributed by atoms with E-state index in [0.717, 1.165) is 22.7 Å². The first-order valence-corrected chi connectivity index (χ1v) is 8.72. The quantitative estimate of drug-likeness (QED) is 0.690. The highest BCUT2D eigenvalue weighted by atomic mass is 15.2. The summed E-state index contributed by atoms with van der Waals surface area (Å²) in [7, 11) is 8.04. The van der Waals surface area contributed by atoms with E-state index in [1.54, 1.807) is 0 Å². The van der Waals surface area contributed by atoms with E-state index in [1.165, 1.54) is 0 Å². The molecule has 0 saturated carbocycles. The number of hydrogen-bond donors (Lipinski definition) is 2. The maximum Gasteiger partial charge on any atom is 0.232 e. The van der Waals surface area contributed by atoms with Crippen LogP contribution in [0.1, 0.15) is 5.82 Å². The second-order valence-electron chi connectivity index (χ2n) is 6.67. The SMILES string of the molecule is Cc1nc(Nc2cccc(N(C)C)c2)nc(Nc2cccc(N(C)C)c2)n1. The molecule has 3 aromatic rings. The van der Waals surface area contributed by atoms with Crippen LogP contribution in [0, 0.1) is 6.92 Å². The van der Waals surface area contributed by atoms with Crippen LogP contribution < -0.4 is 20.4 Å². The van der Waals surface area contributed by atoms with Crippen molar-refractivity contribution in [3.8, 4) is 0 Å². The van der Waals surface area contributed by atoms with Gasteiger partial charge in [0.1, 0.15) is 5.82 Å². The van der Waals surface area contributed by atoms with Crippen LogP contribution in [-0.4, -0.2) is 43.1 Å². The first kappa shape index (κ1) is 18.4. The first-order valence-electron chi connectivity index (χ1n) is 8.72. The number of anilines is 6. The fourth-order valence-corrected chi connectivity index (χ4v) is 2.58. The highest BCUT2D eigenvalue weighted by molar-refractivity contribution is 5.64. The van der Waals surface area contributed by atoms with Gasteiger partial charge in [-0.3, -0.25) is 0 Å². The molecule has 7 heteroatoms. The van der Waals surface area contributed by atoms with Gasteiger partial charge in [-0.1, -0.05) is 12.1 Å². The summed E-state index contributed by atoms with van der Waals surface area (Å²) in [6, 6.07) is 16.2. The van der Waals surface area contributed by atoms with E-state index in [1.807, 2.05) is 71.5 Å². The number of benzene rings is 2. The van der Waals surface area contributed by atoms with Gasteiger partial charge in [0.25, 0.3) is 0 Å². The normalized spacial score (nSPS) is 10.4. The molecule has 0 atom stereocenters. The summed E-state index contributed by atoms with van der Waals surface area (Å²) >= 11 is 0. The highest BCUT2D eigenvalue weighted by Gasteiger charge is 2.07. The number of aromatic nitrogens is 3. The molecule has 2 N–H and O–H groups in total. The average molecular weight is 363 g/mol. The van der Waals surface area contributed by atoms with Crippen molar-refractivity contribution in [1.29, 1.82) is 0 Å². The molecule has 0 aliphatic carbocycles. The summed E-state index contributed by atoms with van der Waals surface area (Å²) < 4.78 is 0. The van der Waals surface area contributed by atoms with Crippen molar-refractivity contribution in [2.75, 3.05) is 48.6 Å². The minimum absolute atomic E-state index is 0.504. The number of aryl methyl sites for hydroxylation is 1. The lowest BCUT2D eigenvalue weighted by atomic mass is 10.2. The molecule has 3 rings (SSSR count). The van der Waals surface area contributed by atoms with Crippen LogP contribution >= 0.6 is 0 Å². The maximum atomic E-state index is 4.50. The van der Waals surface area contributed by atoms with Gasteiger partial charge in [-0.25, -0.2) is 0 Å². The van der Waals surface area contributed by atoms with E-state index < -0.39 is 0 Å². The van der Waals surface area contributed by atoms with Crippen molar-refractivity contribution < 1.29 is 0 Å². The molecule has 0 amide bonds. The van der Waals surface area contributed by atoms with E-state index in [-0.39, 0.29) is 0 Å². The Labute approximate surface area is 160 Å². The van der Waals surface area contributed by atoms with Crippen LogP contribution in [0.3, 0.4) is 0 Å². The Balaban J connectivity index is 1.82. The topological polar surface area (TPSA) is 69.2 Å². The van der Waals surface area contributed by atoms with Crippen LogP contribution in [0.5, 0.6) is 0 Å². The van der Waals surface area contributed by atoms with Gasteiger partial charge < -0.3 is 20.4 Å². The molecule has 1 heterocycles. The summed E-state index contributed by atoms with van der Waals surface area (Å²) in [5.74, 6) is 1.65. The average Bonchev–Trinajstić information content (AvgIpc) is 2.61. The van der Waals surface area contributed by atoms with Crippen LogP contribution in [-0.2, 0) is 0 Å². The lowest BCUT2D eigenvalue weighted by Gasteiger charge is -2.15. The summed E-state index contributed by atoms with van der Waals surface area (Å²) in [6.45, 7) is 1.85. The van der Waals surface area contributed by atoms with Gasteiger partial charge in [-0.05, 0) is 43.3 Å². The predicted molar refractivity (Wildman–Crippen MR) is 113 cm³/mol. The van der Waals surface area contributed by atoms with Crippen LogP contribution in [0.25, 0.3) is 0 Å². The fourth-order valence-electron chi connectivity index (χ4n) is 2.58. The van der Waals surface area contributed by atoms with Gasteiger partial charge >= 0.3 is 0 Å². The number of nitrogens with one attached hydrogen (secondary N) is 2. The van der Waals surface area contributed by atoms with E-state index in [9.17, 15) is 0 Å². The highest BCUT2D eigenvalue weighted by Crippen LogP contribution is 2.22. The van der Waals surface area contributed by atoms with Gasteiger partial charge in [-0.2, -0.15) is 15.0 Å².